The van der Waals surface area contributed by atoms with E-state index < -0.39 is 16.9 Å². The monoisotopic (exact) mass is 293 g/mol. The first-order valence-electron chi connectivity index (χ1n) is 6.85. The van der Waals surface area contributed by atoms with Crippen molar-refractivity contribution in [3.63, 3.8) is 0 Å². The molecule has 0 bridgehead atoms. The van der Waals surface area contributed by atoms with Crippen molar-refractivity contribution in [2.24, 2.45) is 5.41 Å². The van der Waals surface area contributed by atoms with Crippen LogP contribution < -0.4 is 10.6 Å². The molecule has 1 heterocycles. The molecule has 0 saturated carbocycles. The number of rotatable bonds is 6. The first kappa shape index (κ1) is 16.9. The van der Waals surface area contributed by atoms with E-state index >= 15 is 0 Å². The maximum Gasteiger partial charge on any atom is 0.315 e. The summed E-state index contributed by atoms with van der Waals surface area (Å²) in [5, 5.41) is 14.7. The number of carbonyl (C=O) groups excluding carboxylic acids is 1. The minimum absolute atomic E-state index is 0.377. The predicted octanol–water partition coefficient (Wildman–Crippen LogP) is 1.81. The normalized spacial score (nSPS) is 11.8. The van der Waals surface area contributed by atoms with Gasteiger partial charge in [-0.15, -0.1) is 0 Å². The number of nitrogens with zero attached hydrogens (tertiary/aromatic N) is 1. The van der Waals surface area contributed by atoms with Crippen LogP contribution in [0.25, 0.3) is 0 Å². The van der Waals surface area contributed by atoms with E-state index in [4.69, 9.17) is 0 Å². The molecule has 6 nitrogen and oxygen atoms in total. The molecule has 0 aromatic carbocycles. The van der Waals surface area contributed by atoms with E-state index in [0.29, 0.717) is 13.0 Å². The van der Waals surface area contributed by atoms with E-state index in [1.54, 1.807) is 40.1 Å². The number of amides is 2. The van der Waals surface area contributed by atoms with Gasteiger partial charge in [0.05, 0.1) is 11.0 Å². The SMILES string of the molecule is CC(C)(NC(=O)NCCc1cccnc1)C(C)(C)C(=O)O. The fourth-order valence-corrected chi connectivity index (χ4v) is 1.62. The highest BCUT2D eigenvalue weighted by atomic mass is 16.4. The van der Waals surface area contributed by atoms with Crippen LogP contribution in [-0.2, 0) is 11.2 Å². The van der Waals surface area contributed by atoms with Crippen LogP contribution in [0, 0.1) is 5.41 Å². The van der Waals surface area contributed by atoms with Crippen molar-refractivity contribution in [2.75, 3.05) is 6.54 Å². The summed E-state index contributed by atoms with van der Waals surface area (Å²) in [6.45, 7) is 7.03. The van der Waals surface area contributed by atoms with Gasteiger partial charge >= 0.3 is 12.0 Å². The molecule has 0 fully saturated rings. The number of hydrogen-bond acceptors (Lipinski definition) is 3. The van der Waals surface area contributed by atoms with Gasteiger partial charge in [-0.25, -0.2) is 4.79 Å². The Labute approximate surface area is 125 Å². The Morgan fingerprint density at radius 2 is 1.95 bits per heavy atom. The van der Waals surface area contributed by atoms with E-state index in [0.717, 1.165) is 5.56 Å². The topological polar surface area (TPSA) is 91.3 Å². The fourth-order valence-electron chi connectivity index (χ4n) is 1.62. The Bertz CT molecular complexity index is 498. The summed E-state index contributed by atoms with van der Waals surface area (Å²) in [6.07, 6.45) is 4.11. The Balaban J connectivity index is 2.48. The Morgan fingerprint density at radius 3 is 2.48 bits per heavy atom. The fraction of sp³-hybridized carbons (Fsp3) is 0.533. The highest BCUT2D eigenvalue weighted by molar-refractivity contribution is 5.79. The smallest absolute Gasteiger partial charge is 0.315 e. The number of nitrogens with one attached hydrogen (secondary N) is 2. The predicted molar refractivity (Wildman–Crippen MR) is 80.0 cm³/mol. The van der Waals surface area contributed by atoms with Crippen LogP contribution in [0.3, 0.4) is 0 Å². The third kappa shape index (κ3) is 4.44. The lowest BCUT2D eigenvalue weighted by atomic mass is 9.74. The molecule has 0 aliphatic heterocycles. The summed E-state index contributed by atoms with van der Waals surface area (Å²) in [6, 6.07) is 3.40. The van der Waals surface area contributed by atoms with Crippen LogP contribution in [-0.4, -0.2) is 34.2 Å². The van der Waals surface area contributed by atoms with Crippen molar-refractivity contribution in [2.45, 2.75) is 39.7 Å². The summed E-state index contributed by atoms with van der Waals surface area (Å²) in [4.78, 5) is 27.2. The molecule has 0 unspecified atom stereocenters. The first-order chi connectivity index (χ1) is 9.67. The summed E-state index contributed by atoms with van der Waals surface area (Å²) in [7, 11) is 0. The molecule has 116 valence electrons. The van der Waals surface area contributed by atoms with Gasteiger partial charge in [0.15, 0.2) is 0 Å². The van der Waals surface area contributed by atoms with Gasteiger partial charge in [0, 0.05) is 18.9 Å². The Kier molecular flexibility index (Phi) is 5.29. The van der Waals surface area contributed by atoms with Crippen LogP contribution in [0.15, 0.2) is 24.5 Å². The van der Waals surface area contributed by atoms with E-state index in [9.17, 15) is 14.7 Å². The van der Waals surface area contributed by atoms with Crippen molar-refractivity contribution < 1.29 is 14.7 Å². The maximum atomic E-state index is 11.9. The zero-order valence-corrected chi connectivity index (χ0v) is 12.9. The molecule has 0 saturated heterocycles. The van der Waals surface area contributed by atoms with Gasteiger partial charge in [0.1, 0.15) is 0 Å². The molecule has 0 radical (unpaired) electrons. The maximum absolute atomic E-state index is 11.9. The van der Waals surface area contributed by atoms with Crippen molar-refractivity contribution in [1.82, 2.24) is 15.6 Å². The largest absolute Gasteiger partial charge is 0.481 e. The van der Waals surface area contributed by atoms with Gasteiger partial charge in [-0.3, -0.25) is 9.78 Å². The molecule has 1 aromatic heterocycles. The standard InChI is InChI=1S/C15H23N3O3/c1-14(2,12(19)20)15(3,4)18-13(21)17-9-7-11-6-5-8-16-10-11/h5-6,8,10H,7,9H2,1-4H3,(H,19,20)(H2,17,18,21). The summed E-state index contributed by atoms with van der Waals surface area (Å²) >= 11 is 0. The van der Waals surface area contributed by atoms with E-state index in [-0.39, 0.29) is 6.03 Å². The minimum Gasteiger partial charge on any atom is -0.481 e. The zero-order chi connectivity index (χ0) is 16.1. The van der Waals surface area contributed by atoms with Crippen molar-refractivity contribution in [3.8, 4) is 0 Å². The lowest BCUT2D eigenvalue weighted by Crippen LogP contribution is -2.59. The molecule has 3 N–H and O–H groups in total. The second kappa shape index (κ2) is 6.56. The zero-order valence-electron chi connectivity index (χ0n) is 12.9. The third-order valence-electron chi connectivity index (χ3n) is 3.95. The number of hydrogen-bond donors (Lipinski definition) is 3. The summed E-state index contributed by atoms with van der Waals surface area (Å²) < 4.78 is 0. The van der Waals surface area contributed by atoms with Crippen LogP contribution in [0.5, 0.6) is 0 Å². The van der Waals surface area contributed by atoms with Gasteiger partial charge in [-0.1, -0.05) is 6.07 Å². The number of aromatic nitrogens is 1. The van der Waals surface area contributed by atoms with Crippen molar-refractivity contribution >= 4 is 12.0 Å². The summed E-state index contributed by atoms with van der Waals surface area (Å²) in [5.41, 5.74) is -0.923. The van der Waals surface area contributed by atoms with Crippen LogP contribution in [0.4, 0.5) is 4.79 Å². The van der Waals surface area contributed by atoms with Gasteiger partial charge in [0.2, 0.25) is 0 Å². The first-order valence-corrected chi connectivity index (χ1v) is 6.85. The molecule has 6 heteroatoms. The van der Waals surface area contributed by atoms with Crippen LogP contribution in [0.1, 0.15) is 33.3 Å². The molecule has 1 rings (SSSR count). The number of carboxylic acid groups (broad SMARTS) is 1. The number of pyridine rings is 1. The third-order valence-corrected chi connectivity index (χ3v) is 3.95. The molecule has 1 aromatic rings. The second-order valence-corrected chi connectivity index (χ2v) is 6.05. The number of carboxylic acids is 1. The van der Waals surface area contributed by atoms with Crippen LogP contribution in [0.2, 0.25) is 0 Å². The highest BCUT2D eigenvalue weighted by Crippen LogP contribution is 2.30. The van der Waals surface area contributed by atoms with Gasteiger partial charge in [-0.05, 0) is 45.7 Å². The molecule has 0 spiro atoms. The Morgan fingerprint density at radius 1 is 1.29 bits per heavy atom. The van der Waals surface area contributed by atoms with Crippen molar-refractivity contribution in [1.29, 1.82) is 0 Å². The van der Waals surface area contributed by atoms with Gasteiger partial charge < -0.3 is 15.7 Å². The Hall–Kier alpha value is -2.11. The molecule has 0 aliphatic rings. The lowest BCUT2D eigenvalue weighted by molar-refractivity contribution is -0.150. The molecular weight excluding hydrogens is 270 g/mol. The lowest BCUT2D eigenvalue weighted by Gasteiger charge is -2.38. The van der Waals surface area contributed by atoms with Crippen LogP contribution >= 0.6 is 0 Å². The number of urea groups is 1. The molecule has 0 atom stereocenters. The van der Waals surface area contributed by atoms with E-state index in [1.807, 2.05) is 12.1 Å². The molecular formula is C15H23N3O3. The van der Waals surface area contributed by atoms with Gasteiger partial charge in [-0.2, -0.15) is 0 Å². The van der Waals surface area contributed by atoms with E-state index in [1.165, 1.54) is 0 Å². The molecule has 2 amide bonds. The minimum atomic E-state index is -1.08. The molecule has 21 heavy (non-hydrogen) atoms. The molecule has 0 aliphatic carbocycles. The average molecular weight is 293 g/mol. The number of carbonyl (C=O) groups is 2. The van der Waals surface area contributed by atoms with Crippen molar-refractivity contribution in [3.05, 3.63) is 30.1 Å². The number of aliphatic carboxylic acids is 1. The summed E-state index contributed by atoms with van der Waals surface area (Å²) in [5.74, 6) is -0.955. The van der Waals surface area contributed by atoms with E-state index in [2.05, 4.69) is 15.6 Å². The average Bonchev–Trinajstić information content (AvgIpc) is 2.38. The second-order valence-electron chi connectivity index (χ2n) is 6.05. The quantitative estimate of drug-likeness (QED) is 0.746. The highest BCUT2D eigenvalue weighted by Gasteiger charge is 2.44. The van der Waals surface area contributed by atoms with Gasteiger partial charge in [0.25, 0.3) is 0 Å².